The van der Waals surface area contributed by atoms with Crippen LogP contribution < -0.4 is 4.90 Å². The molecule has 3 heterocycles. The van der Waals surface area contributed by atoms with Gasteiger partial charge < -0.3 is 9.47 Å². The minimum absolute atomic E-state index is 0.334. The lowest BCUT2D eigenvalue weighted by Crippen LogP contribution is -2.28. The Kier molecular flexibility index (Phi) is 8.07. The molecule has 2 nitrogen and oxygen atoms in total. The van der Waals surface area contributed by atoms with Gasteiger partial charge in [-0.05, 0) is 135 Å². The van der Waals surface area contributed by atoms with Crippen LogP contribution in [0.25, 0.3) is 81.7 Å². The summed E-state index contributed by atoms with van der Waals surface area (Å²) in [7, 11) is 0. The highest BCUT2D eigenvalue weighted by Crippen LogP contribution is 2.63. The lowest BCUT2D eigenvalue weighted by molar-refractivity contribution is 0.432. The van der Waals surface area contributed by atoms with Crippen molar-refractivity contribution in [2.45, 2.75) is 48.0 Å². The minimum Gasteiger partial charge on any atom is -0.310 e. The van der Waals surface area contributed by atoms with Crippen molar-refractivity contribution in [2.24, 2.45) is 5.92 Å². The van der Waals surface area contributed by atoms with E-state index in [0.717, 1.165) is 27.8 Å². The molecule has 10 aromatic carbocycles. The first-order valence-electron chi connectivity index (χ1n) is 23.2. The van der Waals surface area contributed by atoms with E-state index in [9.17, 15) is 0 Å². The van der Waals surface area contributed by atoms with Gasteiger partial charge in [0.2, 0.25) is 0 Å². The van der Waals surface area contributed by atoms with Crippen LogP contribution in [0.1, 0.15) is 37.7 Å². The Hall–Kier alpha value is -6.81. The number of nitrogens with zero attached hydrogens (tertiary/aromatic N) is 2. The van der Waals surface area contributed by atoms with Crippen molar-refractivity contribution in [1.82, 2.24) is 4.57 Å². The maximum atomic E-state index is 2.50. The molecule has 64 heavy (non-hydrogen) atoms. The summed E-state index contributed by atoms with van der Waals surface area (Å²) in [6.07, 6.45) is 6.94. The number of aromatic nitrogens is 1. The van der Waals surface area contributed by atoms with E-state index >= 15 is 0 Å². The molecule has 2 saturated carbocycles. The van der Waals surface area contributed by atoms with E-state index in [0.29, 0.717) is 5.41 Å². The third-order valence-electron chi connectivity index (χ3n) is 15.5. The van der Waals surface area contributed by atoms with Crippen LogP contribution in [0.15, 0.2) is 200 Å². The normalized spacial score (nSPS) is 20.3. The molecule has 2 saturated heterocycles. The number of fused-ring (bicyclic) bond motifs is 12. The van der Waals surface area contributed by atoms with Crippen LogP contribution in [0.4, 0.5) is 17.1 Å². The predicted molar refractivity (Wildman–Crippen MR) is 274 cm³/mol. The van der Waals surface area contributed by atoms with Gasteiger partial charge in [0.25, 0.3) is 0 Å². The lowest BCUT2D eigenvalue weighted by atomic mass is 9.75. The Morgan fingerprint density at radius 1 is 0.469 bits per heavy atom. The molecular weight excluding hydrogens is 793 g/mol. The number of benzene rings is 10. The van der Waals surface area contributed by atoms with Crippen molar-refractivity contribution in [3.05, 3.63) is 206 Å². The molecule has 0 N–H and O–H groups in total. The van der Waals surface area contributed by atoms with Crippen molar-refractivity contribution in [3.8, 4) is 16.8 Å². The zero-order chi connectivity index (χ0) is 41.9. The monoisotopic (exact) mass is 838 g/mol. The molecule has 3 heteroatoms. The second-order valence-corrected chi connectivity index (χ2v) is 20.3. The average molecular weight is 839 g/mol. The third kappa shape index (κ3) is 5.40. The molecule has 2 unspecified atom stereocenters. The Labute approximate surface area is 377 Å². The quantitative estimate of drug-likeness (QED) is 0.154. The second-order valence-electron chi connectivity index (χ2n) is 18.8. The number of thioether (sulfide) groups is 1. The summed E-state index contributed by atoms with van der Waals surface area (Å²) in [6.45, 7) is 0. The highest BCUT2D eigenvalue weighted by molar-refractivity contribution is 8.00. The lowest BCUT2D eigenvalue weighted by Gasteiger charge is -2.31. The Bertz CT molecular complexity index is 3610. The average Bonchev–Trinajstić information content (AvgIpc) is 3.89. The fourth-order valence-electron chi connectivity index (χ4n) is 12.7. The van der Waals surface area contributed by atoms with E-state index in [4.69, 9.17) is 0 Å². The molecule has 2 aliphatic carbocycles. The maximum absolute atomic E-state index is 2.50. The van der Waals surface area contributed by atoms with Crippen LogP contribution in [0.3, 0.4) is 0 Å². The smallest absolute Gasteiger partial charge is 0.0619 e. The van der Waals surface area contributed by atoms with Gasteiger partial charge in [-0.3, -0.25) is 0 Å². The number of hydrogen-bond acceptors (Lipinski definition) is 2. The molecule has 4 aliphatic rings. The fraction of sp³-hybridized carbons (Fsp3) is 0.148. The first-order chi connectivity index (χ1) is 31.7. The van der Waals surface area contributed by atoms with Gasteiger partial charge in [-0.15, -0.1) is 0 Å². The van der Waals surface area contributed by atoms with Crippen molar-refractivity contribution in [2.75, 3.05) is 4.90 Å². The molecule has 0 radical (unpaired) electrons. The molecule has 0 amide bonds. The standard InChI is InChI=1S/C61H46N2S/c1-2-13-48-40(11-1)24-33-55-54-18-8-10-20-58(54)63(60(48)55)57-19-9-7-12-47(57)41-22-27-43(28-23-41)62(44-29-25-42(26-30-44)61-37-39-21-32-46(38-61)64-59(61)35-39)45-31-34-53-51-16-4-3-14-49(51)50-15-5-6-17-52(50)56(53)36-45/h1-20,22-31,33-34,36,39,46,59H,21,32,35,37-38H2/t39-,46+,59?,61?/m1/s1. The summed E-state index contributed by atoms with van der Waals surface area (Å²) >= 11 is 2.31. The molecule has 4 fully saturated rings. The molecule has 4 atom stereocenters. The zero-order valence-electron chi connectivity index (χ0n) is 35.6. The summed E-state index contributed by atoms with van der Waals surface area (Å²) in [6, 6.07) is 75.3. The van der Waals surface area contributed by atoms with Gasteiger partial charge in [0.1, 0.15) is 0 Å². The van der Waals surface area contributed by atoms with Gasteiger partial charge in [-0.2, -0.15) is 11.8 Å². The van der Waals surface area contributed by atoms with Crippen LogP contribution in [-0.2, 0) is 5.41 Å². The minimum atomic E-state index is 0.334. The number of rotatable bonds is 6. The molecule has 2 aliphatic heterocycles. The summed E-state index contributed by atoms with van der Waals surface area (Å²) in [5.41, 5.74) is 11.4. The molecule has 4 bridgehead atoms. The van der Waals surface area contributed by atoms with Crippen LogP contribution in [0.2, 0.25) is 0 Å². The van der Waals surface area contributed by atoms with Crippen molar-refractivity contribution >= 4 is 93.7 Å². The first kappa shape index (κ1) is 36.7. The number of para-hydroxylation sites is 2. The van der Waals surface area contributed by atoms with Gasteiger partial charge in [0.15, 0.2) is 0 Å². The van der Waals surface area contributed by atoms with E-state index in [-0.39, 0.29) is 0 Å². The van der Waals surface area contributed by atoms with E-state index < -0.39 is 0 Å². The van der Waals surface area contributed by atoms with Gasteiger partial charge in [0.05, 0.1) is 16.7 Å². The van der Waals surface area contributed by atoms with E-state index in [1.54, 1.807) is 5.56 Å². The van der Waals surface area contributed by atoms with E-state index in [2.05, 4.69) is 221 Å². The van der Waals surface area contributed by atoms with Gasteiger partial charge in [-0.1, -0.05) is 152 Å². The molecule has 306 valence electrons. The highest BCUT2D eigenvalue weighted by Gasteiger charge is 2.56. The predicted octanol–water partition coefficient (Wildman–Crippen LogP) is 16.8. The van der Waals surface area contributed by atoms with E-state index in [1.807, 2.05) is 0 Å². The molecule has 0 spiro atoms. The van der Waals surface area contributed by atoms with Crippen LogP contribution in [0, 0.1) is 5.92 Å². The Morgan fingerprint density at radius 3 is 1.83 bits per heavy atom. The topological polar surface area (TPSA) is 8.17 Å². The molecule has 15 rings (SSSR count). The highest BCUT2D eigenvalue weighted by atomic mass is 32.2. The van der Waals surface area contributed by atoms with Gasteiger partial charge >= 0.3 is 0 Å². The van der Waals surface area contributed by atoms with Crippen molar-refractivity contribution in [1.29, 1.82) is 0 Å². The Morgan fingerprint density at radius 2 is 1.06 bits per heavy atom. The van der Waals surface area contributed by atoms with Crippen molar-refractivity contribution in [3.63, 3.8) is 0 Å². The van der Waals surface area contributed by atoms with Crippen LogP contribution in [0.5, 0.6) is 0 Å². The molecule has 1 aromatic heterocycles. The maximum Gasteiger partial charge on any atom is 0.0619 e. The third-order valence-corrected chi connectivity index (χ3v) is 17.2. The van der Waals surface area contributed by atoms with Crippen LogP contribution in [-0.4, -0.2) is 15.1 Å². The first-order valence-corrected chi connectivity index (χ1v) is 24.1. The zero-order valence-corrected chi connectivity index (χ0v) is 36.4. The summed E-state index contributed by atoms with van der Waals surface area (Å²) in [5.74, 6) is 0.891. The van der Waals surface area contributed by atoms with Gasteiger partial charge in [-0.25, -0.2) is 0 Å². The van der Waals surface area contributed by atoms with Crippen molar-refractivity contribution < 1.29 is 0 Å². The van der Waals surface area contributed by atoms with E-state index in [1.165, 1.54) is 120 Å². The van der Waals surface area contributed by atoms with Gasteiger partial charge in [0, 0.05) is 54.7 Å². The number of hydrogen-bond donors (Lipinski definition) is 0. The SMILES string of the molecule is c1ccc(-n2c3ccccc3c3ccc4ccccc4c32)c(-c2ccc(N(c3ccc(C45C[C@@H]6CC[C@@H](C4)SC5C6)cc3)c3ccc4c5ccccc5c5ccccc5c4c3)cc2)c1. The number of anilines is 3. The molecular formula is C61H46N2S. The summed E-state index contributed by atoms with van der Waals surface area (Å²) in [5, 5.41) is 14.4. The Balaban J connectivity index is 0.928. The fourth-order valence-corrected chi connectivity index (χ4v) is 14.8. The summed E-state index contributed by atoms with van der Waals surface area (Å²) < 4.78 is 2.50. The summed E-state index contributed by atoms with van der Waals surface area (Å²) in [4.78, 5) is 2.48. The molecule has 11 aromatic rings. The largest absolute Gasteiger partial charge is 0.310 e. The second kappa shape index (κ2) is 14.1. The van der Waals surface area contributed by atoms with Crippen LogP contribution >= 0.6 is 11.8 Å².